The number of allylic oxidation sites excluding steroid dienone is 6. The maximum atomic E-state index is 12.2. The summed E-state index contributed by atoms with van der Waals surface area (Å²) in [6, 6.07) is 0. The monoisotopic (exact) mass is 603 g/mol. The van der Waals surface area contributed by atoms with Gasteiger partial charge in [-0.1, -0.05) is 62.1 Å². The Labute approximate surface area is 247 Å². The smallest absolute Gasteiger partial charge is 0.270 e. The Morgan fingerprint density at radius 3 is 1.98 bits per heavy atom. The Morgan fingerprint density at radius 2 is 1.41 bits per heavy atom. The first-order valence-electron chi connectivity index (χ1n) is 15.2. The molecule has 0 aliphatic carbocycles. The van der Waals surface area contributed by atoms with Crippen molar-refractivity contribution in [2.24, 2.45) is 11.8 Å². The van der Waals surface area contributed by atoms with Crippen LogP contribution in [0.4, 0.5) is 0 Å². The average Bonchev–Trinajstić information content (AvgIpc) is 2.88. The average molecular weight is 604 g/mol. The Kier molecular flexibility index (Phi) is 18.8. The van der Waals surface area contributed by atoms with E-state index in [0.29, 0.717) is 6.42 Å². The van der Waals surface area contributed by atoms with Crippen molar-refractivity contribution in [1.82, 2.24) is 0 Å². The van der Waals surface area contributed by atoms with Crippen LogP contribution >= 0.6 is 7.82 Å². The minimum Gasteiger partial charge on any atom is -0.756 e. The third-order valence-electron chi connectivity index (χ3n) is 7.51. The van der Waals surface area contributed by atoms with Gasteiger partial charge in [-0.15, -0.1) is 0 Å². The maximum absolute atomic E-state index is 12.2. The minimum atomic E-state index is -4.85. The third-order valence-corrected chi connectivity index (χ3v) is 8.47. The number of hydrogen-bond donors (Lipinski definition) is 4. The minimum absolute atomic E-state index is 0.0984. The molecule has 1 saturated heterocycles. The van der Waals surface area contributed by atoms with Crippen LogP contribution in [0.2, 0.25) is 0 Å². The van der Waals surface area contributed by atoms with E-state index in [1.165, 1.54) is 36.0 Å². The summed E-state index contributed by atoms with van der Waals surface area (Å²) in [7, 11) is -4.85. The second kappa shape index (κ2) is 20.2. The zero-order valence-corrected chi connectivity index (χ0v) is 26.9. The molecule has 1 fully saturated rings. The largest absolute Gasteiger partial charge is 0.756 e. The van der Waals surface area contributed by atoms with Gasteiger partial charge in [-0.3, -0.25) is 9.09 Å². The summed E-state index contributed by atoms with van der Waals surface area (Å²) in [6.07, 6.45) is 9.06. The van der Waals surface area contributed by atoms with Crippen LogP contribution in [-0.4, -0.2) is 64.3 Å². The van der Waals surface area contributed by atoms with Crippen molar-refractivity contribution in [2.75, 3.05) is 13.2 Å². The Bertz CT molecular complexity index is 868. The quantitative estimate of drug-likeness (QED) is 0.107. The zero-order chi connectivity index (χ0) is 31.0. The Balaban J connectivity index is 2.27. The first-order valence-corrected chi connectivity index (χ1v) is 16.6. The van der Waals surface area contributed by atoms with Crippen molar-refractivity contribution in [1.29, 1.82) is 0 Å². The predicted molar refractivity (Wildman–Crippen MR) is 160 cm³/mol. The summed E-state index contributed by atoms with van der Waals surface area (Å²) in [4.78, 5) is 12.2. The third kappa shape index (κ3) is 16.5. The van der Waals surface area contributed by atoms with Gasteiger partial charge >= 0.3 is 0 Å². The predicted octanol–water partition coefficient (Wildman–Crippen LogP) is 5.32. The lowest BCUT2D eigenvalue weighted by Crippen LogP contribution is -2.59. The molecular weight excluding hydrogens is 547 g/mol. The first-order chi connectivity index (χ1) is 19.3. The molecule has 1 aliphatic heterocycles. The van der Waals surface area contributed by atoms with E-state index in [-0.39, 0.29) is 12.5 Å². The molecule has 0 radical (unpaired) electrons. The lowest BCUT2D eigenvalue weighted by atomic mass is 10.00. The number of aliphatic hydroxyl groups is 4. The SMILES string of the molecule is C/C(=C/CCC(C)CCOP(=O)([O-])O[C@H]1O[C@H](CO)[C@@H](O)[C@H](O)[C@H]1O)CC/C=C(\C)CC/C=C(\C)CCCC(C)C. The molecule has 0 saturated carbocycles. The summed E-state index contributed by atoms with van der Waals surface area (Å²) in [6.45, 7) is 12.4. The van der Waals surface area contributed by atoms with Crippen LogP contribution in [0.5, 0.6) is 0 Å². The fourth-order valence-electron chi connectivity index (χ4n) is 4.62. The molecule has 1 rings (SSSR count). The van der Waals surface area contributed by atoms with E-state index < -0.39 is 45.1 Å². The van der Waals surface area contributed by atoms with Crippen LogP contribution < -0.4 is 4.89 Å². The lowest BCUT2D eigenvalue weighted by molar-refractivity contribution is -0.304. The number of phosphoric ester groups is 1. The molecule has 1 aliphatic rings. The zero-order valence-electron chi connectivity index (χ0n) is 26.0. The highest BCUT2D eigenvalue weighted by atomic mass is 31.2. The number of phosphoric acid groups is 1. The standard InChI is InChI=1S/C31H57O9P/c1-22(2)11-7-12-23(3)13-8-14-24(4)15-9-16-25(5)17-10-18-26(6)19-20-38-41(36,37)40-31-30(35)29(34)28(33)27(21-32)39-31/h13,15,17,22,26-35H,7-12,14,16,18-21H2,1-6H3,(H,36,37)/p-1/b23-13+,24-15+,25-17-/t26?,27-,28-,29+,30-,31-/m1/s1. The molecule has 9 nitrogen and oxygen atoms in total. The van der Waals surface area contributed by atoms with Crippen molar-refractivity contribution < 1.29 is 43.7 Å². The van der Waals surface area contributed by atoms with Gasteiger partial charge < -0.3 is 34.6 Å². The fourth-order valence-corrected chi connectivity index (χ4v) is 5.44. The summed E-state index contributed by atoms with van der Waals surface area (Å²) in [5.74, 6) is 0.994. The van der Waals surface area contributed by atoms with Crippen molar-refractivity contribution in [3.05, 3.63) is 34.9 Å². The number of aliphatic hydroxyl groups excluding tert-OH is 4. The van der Waals surface area contributed by atoms with Gasteiger partial charge in [0.15, 0.2) is 6.29 Å². The highest BCUT2D eigenvalue weighted by molar-refractivity contribution is 7.45. The summed E-state index contributed by atoms with van der Waals surface area (Å²) in [5.41, 5.74) is 4.28. The van der Waals surface area contributed by atoms with Gasteiger partial charge in [0.1, 0.15) is 24.4 Å². The fraction of sp³-hybridized carbons (Fsp3) is 0.806. The van der Waals surface area contributed by atoms with Crippen LogP contribution in [0.25, 0.3) is 0 Å². The summed E-state index contributed by atoms with van der Waals surface area (Å²) in [5, 5.41) is 38.7. The van der Waals surface area contributed by atoms with Crippen molar-refractivity contribution in [2.45, 2.75) is 136 Å². The number of ether oxygens (including phenoxy) is 1. The Morgan fingerprint density at radius 1 is 0.854 bits per heavy atom. The van der Waals surface area contributed by atoms with Crippen molar-refractivity contribution in [3.63, 3.8) is 0 Å². The van der Waals surface area contributed by atoms with Crippen LogP contribution in [0, 0.1) is 11.8 Å². The van der Waals surface area contributed by atoms with E-state index in [1.807, 2.05) is 6.92 Å². The molecule has 7 atom stereocenters. The van der Waals surface area contributed by atoms with Crippen LogP contribution in [0.15, 0.2) is 34.9 Å². The summed E-state index contributed by atoms with van der Waals surface area (Å²) < 4.78 is 26.9. The van der Waals surface area contributed by atoms with Gasteiger partial charge in [-0.25, -0.2) is 0 Å². The molecule has 41 heavy (non-hydrogen) atoms. The van der Waals surface area contributed by atoms with Gasteiger partial charge in [-0.2, -0.15) is 0 Å². The van der Waals surface area contributed by atoms with E-state index in [2.05, 4.69) is 52.8 Å². The van der Waals surface area contributed by atoms with E-state index in [0.717, 1.165) is 44.4 Å². The molecule has 10 heteroatoms. The highest BCUT2D eigenvalue weighted by Gasteiger charge is 2.45. The van der Waals surface area contributed by atoms with Gasteiger partial charge in [0.25, 0.3) is 7.82 Å². The molecule has 0 aromatic rings. The van der Waals surface area contributed by atoms with Gasteiger partial charge in [-0.05, 0) is 90.4 Å². The van der Waals surface area contributed by atoms with E-state index in [9.17, 15) is 29.9 Å². The molecule has 4 N–H and O–H groups in total. The lowest BCUT2D eigenvalue weighted by Gasteiger charge is -2.41. The maximum Gasteiger partial charge on any atom is 0.270 e. The van der Waals surface area contributed by atoms with Gasteiger partial charge in [0.2, 0.25) is 0 Å². The second-order valence-corrected chi connectivity index (χ2v) is 13.4. The molecular formula is C31H56O9P-. The molecule has 0 bridgehead atoms. The molecule has 0 amide bonds. The second-order valence-electron chi connectivity index (χ2n) is 12.1. The number of hydrogen-bond acceptors (Lipinski definition) is 9. The first kappa shape index (κ1) is 38.2. The number of rotatable bonds is 20. The normalized spacial score (nSPS) is 26.8. The van der Waals surface area contributed by atoms with Crippen LogP contribution in [0.3, 0.4) is 0 Å². The highest BCUT2D eigenvalue weighted by Crippen LogP contribution is 2.42. The molecule has 240 valence electrons. The molecule has 2 unspecified atom stereocenters. The van der Waals surface area contributed by atoms with Crippen LogP contribution in [0.1, 0.15) is 106 Å². The van der Waals surface area contributed by atoms with Crippen molar-refractivity contribution in [3.8, 4) is 0 Å². The van der Waals surface area contributed by atoms with E-state index in [4.69, 9.17) is 13.8 Å². The molecule has 0 aromatic carbocycles. The van der Waals surface area contributed by atoms with Gasteiger partial charge in [0, 0.05) is 0 Å². The van der Waals surface area contributed by atoms with Crippen molar-refractivity contribution >= 4 is 7.82 Å². The molecule has 0 aromatic heterocycles. The summed E-state index contributed by atoms with van der Waals surface area (Å²) >= 11 is 0. The molecule has 1 heterocycles. The van der Waals surface area contributed by atoms with Gasteiger partial charge in [0.05, 0.1) is 13.2 Å². The topological polar surface area (TPSA) is 149 Å². The van der Waals surface area contributed by atoms with Crippen LogP contribution in [-0.2, 0) is 18.3 Å². The van der Waals surface area contributed by atoms with E-state index in [1.54, 1.807) is 0 Å². The van der Waals surface area contributed by atoms with E-state index >= 15 is 0 Å². The molecule has 0 spiro atoms. The Hall–Kier alpha value is -0.870.